The highest BCUT2D eigenvalue weighted by Gasteiger charge is 2.25. The van der Waals surface area contributed by atoms with Crippen molar-refractivity contribution in [3.05, 3.63) is 32.7 Å². The lowest BCUT2D eigenvalue weighted by molar-refractivity contribution is 0.364. The fourth-order valence-electron chi connectivity index (χ4n) is 2.10. The Morgan fingerprint density at radius 1 is 1.57 bits per heavy atom. The third kappa shape index (κ3) is 3.64. The molecular formula is C13H20BrN5OS. The Kier molecular flexibility index (Phi) is 5.77. The topological polar surface area (TPSA) is 68.3 Å². The first kappa shape index (κ1) is 16.4. The number of hydrogen-bond donors (Lipinski definition) is 2. The van der Waals surface area contributed by atoms with E-state index in [2.05, 4.69) is 31.4 Å². The van der Waals surface area contributed by atoms with E-state index in [1.165, 1.54) is 0 Å². The summed E-state index contributed by atoms with van der Waals surface area (Å²) in [6, 6.07) is 1.78. The Labute approximate surface area is 137 Å². The van der Waals surface area contributed by atoms with Crippen molar-refractivity contribution < 1.29 is 4.74 Å². The number of nitrogens with two attached hydrogens (primary N) is 1. The van der Waals surface area contributed by atoms with Gasteiger partial charge in [0, 0.05) is 6.54 Å². The van der Waals surface area contributed by atoms with Crippen LogP contribution in [0.25, 0.3) is 0 Å². The van der Waals surface area contributed by atoms with E-state index in [0.29, 0.717) is 0 Å². The smallest absolute Gasteiger partial charge is 0.134 e. The molecule has 0 aliphatic carbocycles. The summed E-state index contributed by atoms with van der Waals surface area (Å²) in [5, 5.41) is 6.43. The SMILES string of the molecule is COc1ccsc1C(NN)c1c(Br)cnn1CCN(C)C. The maximum absolute atomic E-state index is 5.80. The number of hydrazine groups is 1. The van der Waals surface area contributed by atoms with Gasteiger partial charge in [-0.3, -0.25) is 10.5 Å². The van der Waals surface area contributed by atoms with E-state index in [-0.39, 0.29) is 6.04 Å². The minimum Gasteiger partial charge on any atom is -0.496 e. The molecule has 1 atom stereocenters. The van der Waals surface area contributed by atoms with Crippen molar-refractivity contribution in [2.45, 2.75) is 12.6 Å². The highest BCUT2D eigenvalue weighted by molar-refractivity contribution is 9.10. The zero-order valence-corrected chi connectivity index (χ0v) is 14.7. The summed E-state index contributed by atoms with van der Waals surface area (Å²) in [6.45, 7) is 1.69. The third-order valence-electron chi connectivity index (χ3n) is 3.17. The van der Waals surface area contributed by atoms with Crippen LogP contribution in [0.3, 0.4) is 0 Å². The van der Waals surface area contributed by atoms with Crippen LogP contribution < -0.4 is 16.0 Å². The van der Waals surface area contributed by atoms with Gasteiger partial charge in [0.15, 0.2) is 0 Å². The largest absolute Gasteiger partial charge is 0.496 e. The van der Waals surface area contributed by atoms with Crippen molar-refractivity contribution in [2.75, 3.05) is 27.7 Å². The number of thiophene rings is 1. The molecule has 8 heteroatoms. The number of halogens is 1. The molecule has 2 rings (SSSR count). The number of ether oxygens (including phenoxy) is 1. The summed E-state index contributed by atoms with van der Waals surface area (Å²) < 4.78 is 8.30. The lowest BCUT2D eigenvalue weighted by Crippen LogP contribution is -2.31. The summed E-state index contributed by atoms with van der Waals surface area (Å²) in [6.07, 6.45) is 1.80. The second-order valence-electron chi connectivity index (χ2n) is 4.86. The van der Waals surface area contributed by atoms with Crippen LogP contribution >= 0.6 is 27.3 Å². The first-order chi connectivity index (χ1) is 10.1. The van der Waals surface area contributed by atoms with E-state index < -0.39 is 0 Å². The zero-order chi connectivity index (χ0) is 15.4. The first-order valence-electron chi connectivity index (χ1n) is 6.52. The molecule has 6 nitrogen and oxygen atoms in total. The summed E-state index contributed by atoms with van der Waals surface area (Å²) in [7, 11) is 5.75. The summed E-state index contributed by atoms with van der Waals surface area (Å²) in [5.74, 6) is 6.63. The highest BCUT2D eigenvalue weighted by atomic mass is 79.9. The van der Waals surface area contributed by atoms with Crippen LogP contribution in [0, 0.1) is 0 Å². The van der Waals surface area contributed by atoms with Gasteiger partial charge in [0.2, 0.25) is 0 Å². The van der Waals surface area contributed by atoms with Gasteiger partial charge in [-0.1, -0.05) is 0 Å². The van der Waals surface area contributed by atoms with E-state index in [1.807, 2.05) is 30.2 Å². The van der Waals surface area contributed by atoms with Crippen molar-refractivity contribution >= 4 is 27.3 Å². The van der Waals surface area contributed by atoms with Gasteiger partial charge in [-0.05, 0) is 41.5 Å². The lowest BCUT2D eigenvalue weighted by Gasteiger charge is -2.19. The Morgan fingerprint density at radius 3 is 2.95 bits per heavy atom. The second-order valence-corrected chi connectivity index (χ2v) is 6.66. The fourth-order valence-corrected chi connectivity index (χ4v) is 3.55. The quantitative estimate of drug-likeness (QED) is 0.572. The summed E-state index contributed by atoms with van der Waals surface area (Å²) in [5.41, 5.74) is 3.88. The van der Waals surface area contributed by atoms with Crippen molar-refractivity contribution in [1.29, 1.82) is 0 Å². The van der Waals surface area contributed by atoms with Gasteiger partial charge >= 0.3 is 0 Å². The van der Waals surface area contributed by atoms with Crippen LogP contribution in [0.15, 0.2) is 22.1 Å². The third-order valence-corrected chi connectivity index (χ3v) is 4.75. The predicted octanol–water partition coefficient (Wildman–Crippen LogP) is 1.83. The monoisotopic (exact) mass is 373 g/mol. The molecule has 2 heterocycles. The molecule has 3 N–H and O–H groups in total. The van der Waals surface area contributed by atoms with Crippen LogP contribution in [0.2, 0.25) is 0 Å². The maximum atomic E-state index is 5.80. The van der Waals surface area contributed by atoms with Gasteiger partial charge in [-0.25, -0.2) is 5.43 Å². The van der Waals surface area contributed by atoms with Crippen molar-refractivity contribution in [3.63, 3.8) is 0 Å². The molecule has 0 saturated heterocycles. The van der Waals surface area contributed by atoms with Gasteiger partial charge in [0.25, 0.3) is 0 Å². The van der Waals surface area contributed by atoms with Gasteiger partial charge in [0.05, 0.1) is 34.9 Å². The van der Waals surface area contributed by atoms with Crippen LogP contribution in [0.5, 0.6) is 5.75 Å². The molecule has 0 fully saturated rings. The zero-order valence-electron chi connectivity index (χ0n) is 12.3. The summed E-state index contributed by atoms with van der Waals surface area (Å²) >= 11 is 5.18. The fraction of sp³-hybridized carbons (Fsp3) is 0.462. The minimum atomic E-state index is -0.168. The van der Waals surface area contributed by atoms with Crippen LogP contribution in [-0.4, -0.2) is 42.4 Å². The van der Waals surface area contributed by atoms with Gasteiger partial charge in [-0.2, -0.15) is 5.10 Å². The van der Waals surface area contributed by atoms with Gasteiger partial charge in [0.1, 0.15) is 11.8 Å². The standard InChI is InChI=1S/C13H20BrN5OS/c1-18(2)5-6-19-12(9(14)8-16-19)11(17-15)13-10(20-3)4-7-21-13/h4,7-8,11,17H,5-6,15H2,1-3H3. The van der Waals surface area contributed by atoms with Crippen LogP contribution in [-0.2, 0) is 6.54 Å². The first-order valence-corrected chi connectivity index (χ1v) is 8.19. The van der Waals surface area contributed by atoms with Crippen molar-refractivity contribution in [1.82, 2.24) is 20.1 Å². The molecule has 21 heavy (non-hydrogen) atoms. The molecule has 0 aliphatic heterocycles. The molecule has 0 saturated carbocycles. The molecule has 0 aliphatic rings. The van der Waals surface area contributed by atoms with Crippen molar-refractivity contribution in [2.24, 2.45) is 5.84 Å². The number of hydrogen-bond acceptors (Lipinski definition) is 6. The number of nitrogens with one attached hydrogen (secondary N) is 1. The lowest BCUT2D eigenvalue weighted by atomic mass is 10.1. The Morgan fingerprint density at radius 2 is 2.33 bits per heavy atom. The Bertz CT molecular complexity index is 583. The van der Waals surface area contributed by atoms with E-state index in [9.17, 15) is 0 Å². The minimum absolute atomic E-state index is 0.168. The molecule has 0 radical (unpaired) electrons. The molecule has 0 amide bonds. The van der Waals surface area contributed by atoms with E-state index in [1.54, 1.807) is 24.6 Å². The number of aromatic nitrogens is 2. The molecule has 116 valence electrons. The number of rotatable bonds is 7. The predicted molar refractivity (Wildman–Crippen MR) is 88.5 cm³/mol. The van der Waals surface area contributed by atoms with Crippen LogP contribution in [0.4, 0.5) is 0 Å². The average molecular weight is 374 g/mol. The summed E-state index contributed by atoms with van der Waals surface area (Å²) in [4.78, 5) is 3.16. The molecule has 0 bridgehead atoms. The molecule has 2 aromatic heterocycles. The van der Waals surface area contributed by atoms with Gasteiger partial charge in [-0.15, -0.1) is 11.3 Å². The van der Waals surface area contributed by atoms with E-state index in [4.69, 9.17) is 10.6 Å². The number of likely N-dealkylation sites (N-methyl/N-ethyl adjacent to an activating group) is 1. The second kappa shape index (κ2) is 7.37. The molecular weight excluding hydrogens is 354 g/mol. The molecule has 2 aromatic rings. The van der Waals surface area contributed by atoms with E-state index >= 15 is 0 Å². The average Bonchev–Trinajstić information content (AvgIpc) is 3.06. The van der Waals surface area contributed by atoms with Crippen molar-refractivity contribution in [3.8, 4) is 5.75 Å². The number of nitrogens with zero attached hydrogens (tertiary/aromatic N) is 3. The van der Waals surface area contributed by atoms with Gasteiger partial charge < -0.3 is 9.64 Å². The normalized spacial score (nSPS) is 12.9. The van der Waals surface area contributed by atoms with Crippen LogP contribution in [0.1, 0.15) is 16.6 Å². The molecule has 0 spiro atoms. The highest BCUT2D eigenvalue weighted by Crippen LogP contribution is 2.36. The maximum Gasteiger partial charge on any atom is 0.134 e. The molecule has 0 aromatic carbocycles. The Balaban J connectivity index is 2.36. The molecule has 1 unspecified atom stereocenters. The Hall–Kier alpha value is -0.930. The number of methoxy groups -OCH3 is 1. The van der Waals surface area contributed by atoms with E-state index in [0.717, 1.165) is 33.9 Å².